The molecule has 1 aromatic carbocycles. The minimum atomic E-state index is -0.501. The number of rotatable bonds is 6. The van der Waals surface area contributed by atoms with Crippen molar-refractivity contribution >= 4 is 23.4 Å². The van der Waals surface area contributed by atoms with Gasteiger partial charge in [0.25, 0.3) is 0 Å². The Hall–Kier alpha value is -2.50. The van der Waals surface area contributed by atoms with Crippen LogP contribution in [0.1, 0.15) is 39.2 Å². The first kappa shape index (κ1) is 16.6. The largest absolute Gasteiger partial charge is 0.331 e. The Balaban J connectivity index is 2.96. The van der Waals surface area contributed by atoms with E-state index >= 15 is 0 Å². The van der Waals surface area contributed by atoms with Gasteiger partial charge in [0.05, 0.1) is 11.4 Å². The molecule has 0 unspecified atom stereocenters. The molecule has 0 aromatic heterocycles. The van der Waals surface area contributed by atoms with E-state index in [4.69, 9.17) is 4.84 Å². The smallest absolute Gasteiger partial charge is 0.319 e. The van der Waals surface area contributed by atoms with Crippen LogP contribution in [0.15, 0.2) is 40.6 Å². The predicted molar refractivity (Wildman–Crippen MR) is 78.9 cm³/mol. The third-order valence-corrected chi connectivity index (χ3v) is 2.47. The SMILES string of the molecule is CC/C(C/C(=N\OC(C)=O)c1ccccc1)=N\OC(C)=O. The second kappa shape index (κ2) is 8.63. The van der Waals surface area contributed by atoms with Crippen LogP contribution in [0, 0.1) is 0 Å². The van der Waals surface area contributed by atoms with Crippen molar-refractivity contribution in [3.8, 4) is 0 Å². The van der Waals surface area contributed by atoms with Crippen LogP contribution in [0.4, 0.5) is 0 Å². The van der Waals surface area contributed by atoms with E-state index < -0.39 is 11.9 Å². The first-order chi connectivity index (χ1) is 10.0. The summed E-state index contributed by atoms with van der Waals surface area (Å²) in [6, 6.07) is 9.28. The summed E-state index contributed by atoms with van der Waals surface area (Å²) in [4.78, 5) is 31.1. The van der Waals surface area contributed by atoms with Gasteiger partial charge in [-0.25, -0.2) is 9.59 Å². The van der Waals surface area contributed by atoms with Crippen LogP contribution >= 0.6 is 0 Å². The van der Waals surface area contributed by atoms with Crippen LogP contribution in [0.25, 0.3) is 0 Å². The lowest BCUT2D eigenvalue weighted by Crippen LogP contribution is -2.11. The molecule has 0 atom stereocenters. The van der Waals surface area contributed by atoms with Gasteiger partial charge in [0.1, 0.15) is 0 Å². The maximum atomic E-state index is 10.9. The number of hydrogen-bond acceptors (Lipinski definition) is 6. The molecule has 1 aromatic rings. The lowest BCUT2D eigenvalue weighted by Gasteiger charge is -2.07. The van der Waals surface area contributed by atoms with E-state index in [2.05, 4.69) is 15.1 Å². The fourth-order valence-electron chi connectivity index (χ4n) is 1.48. The van der Waals surface area contributed by atoms with Gasteiger partial charge in [0, 0.05) is 20.3 Å². The summed E-state index contributed by atoms with van der Waals surface area (Å²) in [7, 11) is 0. The number of carbonyl (C=O) groups excluding carboxylic acids is 2. The van der Waals surface area contributed by atoms with Gasteiger partial charge in [-0.1, -0.05) is 47.6 Å². The van der Waals surface area contributed by atoms with Gasteiger partial charge in [-0.2, -0.15) is 0 Å². The number of benzene rings is 1. The van der Waals surface area contributed by atoms with Gasteiger partial charge in [0.15, 0.2) is 0 Å². The quantitative estimate of drug-likeness (QED) is 0.458. The lowest BCUT2D eigenvalue weighted by atomic mass is 10.0. The van der Waals surface area contributed by atoms with E-state index in [0.29, 0.717) is 24.3 Å². The van der Waals surface area contributed by atoms with E-state index in [1.807, 2.05) is 37.3 Å². The van der Waals surface area contributed by atoms with Gasteiger partial charge in [-0.15, -0.1) is 0 Å². The molecule has 1 rings (SSSR count). The van der Waals surface area contributed by atoms with Crippen molar-refractivity contribution in [2.75, 3.05) is 0 Å². The third-order valence-electron chi connectivity index (χ3n) is 2.47. The number of oxime groups is 2. The molecule has 0 radical (unpaired) electrons. The first-order valence-electron chi connectivity index (χ1n) is 6.56. The van der Waals surface area contributed by atoms with Gasteiger partial charge < -0.3 is 9.68 Å². The zero-order valence-electron chi connectivity index (χ0n) is 12.3. The van der Waals surface area contributed by atoms with E-state index in [0.717, 1.165) is 5.56 Å². The van der Waals surface area contributed by atoms with Crippen molar-refractivity contribution in [1.29, 1.82) is 0 Å². The maximum Gasteiger partial charge on any atom is 0.331 e. The molecule has 0 spiro atoms. The van der Waals surface area contributed by atoms with Crippen LogP contribution in [0.3, 0.4) is 0 Å². The Morgan fingerprint density at radius 1 is 1.00 bits per heavy atom. The Morgan fingerprint density at radius 3 is 2.10 bits per heavy atom. The van der Waals surface area contributed by atoms with E-state index in [1.165, 1.54) is 13.8 Å². The standard InChI is InChI=1S/C15H18N2O4/c1-4-14(16-20-11(2)18)10-15(17-21-12(3)19)13-8-6-5-7-9-13/h5-9H,4,10H2,1-3H3/b16-14+,17-15+. The molecule has 0 aliphatic carbocycles. The minimum absolute atomic E-state index is 0.321. The molecule has 6 nitrogen and oxygen atoms in total. The summed E-state index contributed by atoms with van der Waals surface area (Å²) in [5.41, 5.74) is 1.97. The fraction of sp³-hybridized carbons (Fsp3) is 0.333. The molecule has 6 heteroatoms. The number of carbonyl (C=O) groups is 2. The Labute approximate surface area is 123 Å². The second-order valence-electron chi connectivity index (χ2n) is 4.26. The molecule has 0 fully saturated rings. The van der Waals surface area contributed by atoms with Crippen molar-refractivity contribution in [3.63, 3.8) is 0 Å². The van der Waals surface area contributed by atoms with Crippen molar-refractivity contribution in [3.05, 3.63) is 35.9 Å². The third kappa shape index (κ3) is 6.47. The Bertz CT molecular complexity index is 550. The van der Waals surface area contributed by atoms with Gasteiger partial charge in [-0.05, 0) is 12.0 Å². The normalized spacial score (nSPS) is 12.0. The molecule has 0 aliphatic heterocycles. The Morgan fingerprint density at radius 2 is 1.57 bits per heavy atom. The van der Waals surface area contributed by atoms with Crippen LogP contribution in [0.2, 0.25) is 0 Å². The van der Waals surface area contributed by atoms with E-state index in [9.17, 15) is 9.59 Å². The summed E-state index contributed by atoms with van der Waals surface area (Å²) < 4.78 is 0. The fourth-order valence-corrected chi connectivity index (χ4v) is 1.48. The van der Waals surface area contributed by atoms with Gasteiger partial charge in [0.2, 0.25) is 0 Å². The van der Waals surface area contributed by atoms with E-state index in [-0.39, 0.29) is 0 Å². The molecule has 0 aliphatic rings. The van der Waals surface area contributed by atoms with Crippen molar-refractivity contribution in [2.45, 2.75) is 33.6 Å². The predicted octanol–water partition coefficient (Wildman–Crippen LogP) is 2.67. The first-order valence-corrected chi connectivity index (χ1v) is 6.56. The van der Waals surface area contributed by atoms with Crippen molar-refractivity contribution < 1.29 is 19.3 Å². The molecule has 21 heavy (non-hydrogen) atoms. The maximum absolute atomic E-state index is 10.9. The van der Waals surface area contributed by atoms with Crippen LogP contribution in [-0.4, -0.2) is 23.4 Å². The highest BCUT2D eigenvalue weighted by atomic mass is 16.7. The van der Waals surface area contributed by atoms with Gasteiger partial charge in [-0.3, -0.25) is 0 Å². The molecule has 0 saturated carbocycles. The van der Waals surface area contributed by atoms with Crippen LogP contribution in [0.5, 0.6) is 0 Å². The molecule has 0 N–H and O–H groups in total. The molecule has 0 heterocycles. The highest BCUT2D eigenvalue weighted by Gasteiger charge is 2.10. The van der Waals surface area contributed by atoms with E-state index in [1.54, 1.807) is 0 Å². The monoisotopic (exact) mass is 290 g/mol. The zero-order chi connectivity index (χ0) is 15.7. The molecule has 0 amide bonds. The lowest BCUT2D eigenvalue weighted by molar-refractivity contribution is -0.141. The number of hydrogen-bond donors (Lipinski definition) is 0. The molecule has 112 valence electrons. The average Bonchev–Trinajstić information content (AvgIpc) is 2.47. The second-order valence-corrected chi connectivity index (χ2v) is 4.26. The van der Waals surface area contributed by atoms with Crippen molar-refractivity contribution in [2.24, 2.45) is 10.3 Å². The molecular formula is C15H18N2O4. The van der Waals surface area contributed by atoms with Crippen LogP contribution < -0.4 is 0 Å². The summed E-state index contributed by atoms with van der Waals surface area (Å²) in [5.74, 6) is -0.988. The summed E-state index contributed by atoms with van der Waals surface area (Å²) >= 11 is 0. The topological polar surface area (TPSA) is 77.3 Å². The highest BCUT2D eigenvalue weighted by Crippen LogP contribution is 2.08. The molecular weight excluding hydrogens is 272 g/mol. The minimum Gasteiger partial charge on any atom is -0.319 e. The number of nitrogens with zero attached hydrogens (tertiary/aromatic N) is 2. The average molecular weight is 290 g/mol. The molecule has 0 bridgehead atoms. The highest BCUT2D eigenvalue weighted by molar-refractivity contribution is 6.12. The summed E-state index contributed by atoms with van der Waals surface area (Å²) in [6.07, 6.45) is 0.903. The van der Waals surface area contributed by atoms with Crippen LogP contribution in [-0.2, 0) is 19.3 Å². The van der Waals surface area contributed by atoms with Crippen molar-refractivity contribution in [1.82, 2.24) is 0 Å². The molecule has 0 saturated heterocycles. The summed E-state index contributed by atoms with van der Waals surface area (Å²) in [6.45, 7) is 4.44. The zero-order valence-corrected chi connectivity index (χ0v) is 12.3. The Kier molecular flexibility index (Phi) is 6.80. The summed E-state index contributed by atoms with van der Waals surface area (Å²) in [5, 5.41) is 7.63. The van der Waals surface area contributed by atoms with Gasteiger partial charge >= 0.3 is 11.9 Å².